The number of carbonyl (C=O) groups excluding carboxylic acids is 3. The van der Waals surface area contributed by atoms with Crippen LogP contribution in [0.25, 0.3) is 0 Å². The minimum Gasteiger partial charge on any atom is -0.329 e. The summed E-state index contributed by atoms with van der Waals surface area (Å²) in [4.78, 5) is 34.1. The average Bonchev–Trinajstić information content (AvgIpc) is 2.54. The van der Waals surface area contributed by atoms with Crippen LogP contribution in [0.4, 0.5) is 4.79 Å². The van der Waals surface area contributed by atoms with E-state index in [0.29, 0.717) is 25.8 Å². The monoisotopic (exact) mass is 214 g/mol. The van der Waals surface area contributed by atoms with Crippen molar-refractivity contribution in [3.05, 3.63) is 0 Å². The van der Waals surface area contributed by atoms with Crippen molar-refractivity contribution < 1.29 is 14.4 Å². The summed E-state index contributed by atoms with van der Waals surface area (Å²) in [5.74, 6) is 4.43. The van der Waals surface area contributed by atoms with E-state index < -0.39 is 0 Å². The van der Waals surface area contributed by atoms with E-state index in [2.05, 4.69) is 5.32 Å². The van der Waals surface area contributed by atoms with Gasteiger partial charge in [0.1, 0.15) is 0 Å². The molecule has 0 spiro atoms. The van der Waals surface area contributed by atoms with Crippen LogP contribution in [0, 0.1) is 0 Å². The zero-order valence-corrected chi connectivity index (χ0v) is 8.28. The van der Waals surface area contributed by atoms with Gasteiger partial charge in [0.05, 0.1) is 6.54 Å². The molecule has 0 aromatic heterocycles. The predicted molar refractivity (Wildman–Crippen MR) is 51.3 cm³/mol. The molecule has 0 atom stereocenters. The van der Waals surface area contributed by atoms with E-state index in [0.717, 1.165) is 4.90 Å². The van der Waals surface area contributed by atoms with Crippen LogP contribution >= 0.6 is 0 Å². The zero-order valence-electron chi connectivity index (χ0n) is 8.28. The highest BCUT2D eigenvalue weighted by Crippen LogP contribution is 2.03. The minimum atomic E-state index is -0.358. The number of nitrogens with one attached hydrogen (secondary N) is 2. The molecular formula is C8H14N4O3. The first-order valence-corrected chi connectivity index (χ1v) is 4.73. The molecule has 0 aromatic rings. The zero-order chi connectivity index (χ0) is 11.3. The maximum atomic E-state index is 11.1. The van der Waals surface area contributed by atoms with E-state index in [1.165, 1.54) is 0 Å². The number of unbranched alkanes of at least 4 members (excludes halogenated alkanes) is 1. The number of urea groups is 1. The van der Waals surface area contributed by atoms with Gasteiger partial charge in [-0.05, 0) is 12.8 Å². The molecule has 1 heterocycles. The maximum absolute atomic E-state index is 11.1. The second-order valence-electron chi connectivity index (χ2n) is 3.23. The van der Waals surface area contributed by atoms with Gasteiger partial charge < -0.3 is 5.32 Å². The minimum absolute atomic E-state index is 0.0715. The topological polar surface area (TPSA) is 105 Å². The first kappa shape index (κ1) is 11.4. The summed E-state index contributed by atoms with van der Waals surface area (Å²) < 4.78 is 0. The van der Waals surface area contributed by atoms with Crippen molar-refractivity contribution in [3.8, 4) is 0 Å². The molecule has 7 heteroatoms. The predicted octanol–water partition coefficient (Wildman–Crippen LogP) is -1.30. The summed E-state index contributed by atoms with van der Waals surface area (Å²) >= 11 is 0. The number of nitrogens with zero attached hydrogens (tertiary/aromatic N) is 1. The Hall–Kier alpha value is -1.63. The first-order valence-electron chi connectivity index (χ1n) is 4.73. The van der Waals surface area contributed by atoms with Gasteiger partial charge in [0.15, 0.2) is 0 Å². The molecule has 1 aliphatic rings. The number of rotatable bonds is 5. The van der Waals surface area contributed by atoms with Gasteiger partial charge in [0.2, 0.25) is 11.8 Å². The number of nitrogens with two attached hydrogens (primary N) is 1. The molecule has 84 valence electrons. The molecule has 15 heavy (non-hydrogen) atoms. The normalized spacial score (nSPS) is 15.4. The molecule has 4 amide bonds. The van der Waals surface area contributed by atoms with Gasteiger partial charge in [0, 0.05) is 13.0 Å². The van der Waals surface area contributed by atoms with Crippen LogP contribution in [0.5, 0.6) is 0 Å². The van der Waals surface area contributed by atoms with Crippen molar-refractivity contribution >= 4 is 17.8 Å². The van der Waals surface area contributed by atoms with Crippen LogP contribution in [-0.2, 0) is 9.59 Å². The van der Waals surface area contributed by atoms with Gasteiger partial charge in [0.25, 0.3) is 0 Å². The summed E-state index contributed by atoms with van der Waals surface area (Å²) in [7, 11) is 0. The third-order valence-corrected chi connectivity index (χ3v) is 2.13. The fourth-order valence-electron chi connectivity index (χ4n) is 1.31. The molecule has 1 rings (SSSR count). The van der Waals surface area contributed by atoms with Crippen LogP contribution in [0.1, 0.15) is 19.3 Å². The lowest BCUT2D eigenvalue weighted by molar-refractivity contribution is -0.125. The van der Waals surface area contributed by atoms with E-state index >= 15 is 0 Å². The molecule has 0 saturated carbocycles. The summed E-state index contributed by atoms with van der Waals surface area (Å²) in [6.45, 7) is 0.421. The molecule has 0 aromatic carbocycles. The summed E-state index contributed by atoms with van der Waals surface area (Å²) in [5.41, 5.74) is 2.01. The summed E-state index contributed by atoms with van der Waals surface area (Å²) in [5, 5.41) is 2.42. The van der Waals surface area contributed by atoms with Gasteiger partial charge >= 0.3 is 6.03 Å². The molecule has 7 nitrogen and oxygen atoms in total. The Balaban J connectivity index is 2.17. The lowest BCUT2D eigenvalue weighted by Crippen LogP contribution is -2.32. The largest absolute Gasteiger partial charge is 0.329 e. The molecular weight excluding hydrogens is 200 g/mol. The second-order valence-corrected chi connectivity index (χ2v) is 3.23. The Morgan fingerprint density at radius 1 is 1.47 bits per heavy atom. The van der Waals surface area contributed by atoms with Crippen molar-refractivity contribution in [2.24, 2.45) is 5.84 Å². The standard InChI is InChI=1S/C8H14N4O3/c9-11-6(13)3-1-2-4-12-7(14)5-10-8(12)15/h1-5,9H2,(H,10,15)(H,11,13). The second kappa shape index (κ2) is 5.30. The van der Waals surface area contributed by atoms with Crippen LogP contribution in [0.15, 0.2) is 0 Å². The molecule has 1 saturated heterocycles. The van der Waals surface area contributed by atoms with Crippen LogP contribution < -0.4 is 16.6 Å². The fraction of sp³-hybridized carbons (Fsp3) is 0.625. The Labute approximate surface area is 86.9 Å². The van der Waals surface area contributed by atoms with Crippen molar-refractivity contribution in [1.82, 2.24) is 15.6 Å². The van der Waals surface area contributed by atoms with Crippen molar-refractivity contribution in [1.29, 1.82) is 0 Å². The van der Waals surface area contributed by atoms with E-state index in [1.54, 1.807) is 0 Å². The Morgan fingerprint density at radius 2 is 2.20 bits per heavy atom. The van der Waals surface area contributed by atoms with Gasteiger partial charge in [-0.15, -0.1) is 0 Å². The number of amides is 4. The highest BCUT2D eigenvalue weighted by atomic mass is 16.2. The fourth-order valence-corrected chi connectivity index (χ4v) is 1.31. The average molecular weight is 214 g/mol. The smallest absolute Gasteiger partial charge is 0.324 e. The molecule has 0 unspecified atom stereocenters. The lowest BCUT2D eigenvalue weighted by Gasteiger charge is -2.11. The first-order chi connectivity index (χ1) is 7.15. The van der Waals surface area contributed by atoms with Crippen LogP contribution in [0.2, 0.25) is 0 Å². The van der Waals surface area contributed by atoms with Crippen LogP contribution in [0.3, 0.4) is 0 Å². The van der Waals surface area contributed by atoms with Crippen LogP contribution in [-0.4, -0.2) is 35.8 Å². The summed E-state index contributed by atoms with van der Waals surface area (Å²) in [6, 6.07) is -0.358. The van der Waals surface area contributed by atoms with Gasteiger partial charge in [-0.1, -0.05) is 0 Å². The van der Waals surface area contributed by atoms with Crippen molar-refractivity contribution in [2.45, 2.75) is 19.3 Å². The molecule has 0 bridgehead atoms. The molecule has 1 fully saturated rings. The van der Waals surface area contributed by atoms with Crippen molar-refractivity contribution in [2.75, 3.05) is 13.1 Å². The Morgan fingerprint density at radius 3 is 2.73 bits per heavy atom. The van der Waals surface area contributed by atoms with Gasteiger partial charge in [-0.25, -0.2) is 10.6 Å². The molecule has 0 radical (unpaired) electrons. The molecule has 1 aliphatic heterocycles. The number of imide groups is 1. The molecule has 0 aliphatic carbocycles. The van der Waals surface area contributed by atoms with E-state index in [1.807, 2.05) is 5.43 Å². The summed E-state index contributed by atoms with van der Waals surface area (Å²) in [6.07, 6.45) is 1.51. The number of hydrazine groups is 1. The highest BCUT2D eigenvalue weighted by molar-refractivity contribution is 6.01. The van der Waals surface area contributed by atoms with E-state index in [4.69, 9.17) is 5.84 Å². The Kier molecular flexibility index (Phi) is 4.04. The quantitative estimate of drug-likeness (QED) is 0.174. The SMILES string of the molecule is NNC(=O)CCCCN1C(=O)CNC1=O. The molecule has 4 N–H and O–H groups in total. The van der Waals surface area contributed by atoms with E-state index in [9.17, 15) is 14.4 Å². The van der Waals surface area contributed by atoms with Crippen molar-refractivity contribution in [3.63, 3.8) is 0 Å². The number of carbonyl (C=O) groups is 3. The third kappa shape index (κ3) is 3.21. The van der Waals surface area contributed by atoms with E-state index in [-0.39, 0.29) is 24.4 Å². The van der Waals surface area contributed by atoms with Gasteiger partial charge in [-0.3, -0.25) is 19.9 Å². The number of hydrogen-bond donors (Lipinski definition) is 3. The lowest BCUT2D eigenvalue weighted by atomic mass is 10.2. The maximum Gasteiger partial charge on any atom is 0.324 e. The Bertz CT molecular complexity index is 263. The highest BCUT2D eigenvalue weighted by Gasteiger charge is 2.27. The van der Waals surface area contributed by atoms with Gasteiger partial charge in [-0.2, -0.15) is 0 Å². The number of hydrogen-bond acceptors (Lipinski definition) is 4. The third-order valence-electron chi connectivity index (χ3n) is 2.13.